The molecule has 1 N–H and O–H groups in total. The number of benzene rings is 2. The number of carbonyl (C=O) groups excluding carboxylic acids is 3. The summed E-state index contributed by atoms with van der Waals surface area (Å²) in [6.07, 6.45) is 1.39. The van der Waals surface area contributed by atoms with Gasteiger partial charge in [0.15, 0.2) is 5.16 Å². The van der Waals surface area contributed by atoms with Crippen molar-refractivity contribution < 1.29 is 19.2 Å². The topological polar surface area (TPSA) is 105 Å². The zero-order valence-corrected chi connectivity index (χ0v) is 14.6. The van der Waals surface area contributed by atoms with Gasteiger partial charge in [-0.3, -0.25) is 14.7 Å². The van der Waals surface area contributed by atoms with Crippen LogP contribution < -0.4 is 0 Å². The molecule has 0 spiro atoms. The SMILES string of the molecule is O=C(ON1C(=O)c2ccccc2C1=O)c1ccccc1CSc1ncn[nH]1. The number of aromatic amines is 1. The first-order valence-electron chi connectivity index (χ1n) is 7.91. The molecule has 3 aromatic rings. The summed E-state index contributed by atoms with van der Waals surface area (Å²) in [7, 11) is 0. The Hall–Kier alpha value is -3.46. The van der Waals surface area contributed by atoms with Gasteiger partial charge in [0.05, 0.1) is 16.7 Å². The third-order valence-corrected chi connectivity index (χ3v) is 4.85. The van der Waals surface area contributed by atoms with E-state index in [-0.39, 0.29) is 16.7 Å². The molecule has 134 valence electrons. The summed E-state index contributed by atoms with van der Waals surface area (Å²) in [6, 6.07) is 13.1. The Morgan fingerprint density at radius 1 is 1.04 bits per heavy atom. The lowest BCUT2D eigenvalue weighted by Gasteiger charge is -2.14. The van der Waals surface area contributed by atoms with Gasteiger partial charge in [-0.05, 0) is 23.8 Å². The average molecular weight is 380 g/mol. The minimum absolute atomic E-state index is 0.212. The lowest BCUT2D eigenvalue weighted by molar-refractivity contribution is -0.0585. The second kappa shape index (κ2) is 7.04. The minimum atomic E-state index is -0.779. The summed E-state index contributed by atoms with van der Waals surface area (Å²) in [5, 5.41) is 7.61. The average Bonchev–Trinajstić information content (AvgIpc) is 3.30. The normalized spacial score (nSPS) is 13.0. The van der Waals surface area contributed by atoms with Crippen LogP contribution in [-0.2, 0) is 10.6 Å². The first kappa shape index (κ1) is 17.0. The number of fused-ring (bicyclic) bond motifs is 1. The predicted octanol–water partition coefficient (Wildman–Crippen LogP) is 2.46. The zero-order valence-electron chi connectivity index (χ0n) is 13.8. The number of H-pyrrole nitrogens is 1. The Kier molecular flexibility index (Phi) is 4.43. The van der Waals surface area contributed by atoms with Gasteiger partial charge in [0.25, 0.3) is 11.8 Å². The number of hydrogen-bond donors (Lipinski definition) is 1. The molecule has 0 radical (unpaired) electrons. The van der Waals surface area contributed by atoms with Gasteiger partial charge in [-0.2, -0.15) is 5.10 Å². The number of amides is 2. The second-order valence-corrected chi connectivity index (χ2v) is 6.53. The van der Waals surface area contributed by atoms with E-state index in [0.29, 0.717) is 21.5 Å². The molecule has 1 aromatic heterocycles. The summed E-state index contributed by atoms with van der Waals surface area (Å²) < 4.78 is 0. The predicted molar refractivity (Wildman–Crippen MR) is 94.7 cm³/mol. The maximum absolute atomic E-state index is 12.6. The quantitative estimate of drug-likeness (QED) is 0.535. The van der Waals surface area contributed by atoms with Gasteiger partial charge in [-0.15, -0.1) is 0 Å². The van der Waals surface area contributed by atoms with Gasteiger partial charge in [-0.1, -0.05) is 47.2 Å². The number of aromatic nitrogens is 3. The smallest absolute Gasteiger partial charge is 0.324 e. The Morgan fingerprint density at radius 3 is 2.37 bits per heavy atom. The lowest BCUT2D eigenvalue weighted by Crippen LogP contribution is -2.33. The molecular weight excluding hydrogens is 368 g/mol. The molecule has 1 aliphatic rings. The summed E-state index contributed by atoms with van der Waals surface area (Å²) in [5.41, 5.74) is 1.37. The number of nitrogens with zero attached hydrogens (tertiary/aromatic N) is 3. The summed E-state index contributed by atoms with van der Waals surface area (Å²) in [4.78, 5) is 46.4. The number of thioether (sulfide) groups is 1. The van der Waals surface area contributed by atoms with Crippen molar-refractivity contribution in [3.8, 4) is 0 Å². The van der Waals surface area contributed by atoms with Crippen LogP contribution in [0.25, 0.3) is 0 Å². The van der Waals surface area contributed by atoms with Crippen molar-refractivity contribution in [3.05, 3.63) is 77.1 Å². The van der Waals surface area contributed by atoms with Gasteiger partial charge in [-0.25, -0.2) is 9.78 Å². The highest BCUT2D eigenvalue weighted by Gasteiger charge is 2.39. The van der Waals surface area contributed by atoms with E-state index in [0.717, 1.165) is 0 Å². The van der Waals surface area contributed by atoms with Gasteiger partial charge in [0.2, 0.25) is 0 Å². The van der Waals surface area contributed by atoms with Crippen LogP contribution in [0.2, 0.25) is 0 Å². The summed E-state index contributed by atoms with van der Waals surface area (Å²) in [5.74, 6) is -1.66. The molecule has 0 bridgehead atoms. The van der Waals surface area contributed by atoms with Crippen molar-refractivity contribution in [1.29, 1.82) is 0 Å². The van der Waals surface area contributed by atoms with Crippen molar-refractivity contribution >= 4 is 29.5 Å². The number of hydrogen-bond acceptors (Lipinski definition) is 7. The molecule has 0 saturated carbocycles. The largest absolute Gasteiger partial charge is 0.364 e. The van der Waals surface area contributed by atoms with Gasteiger partial charge in [0.1, 0.15) is 6.33 Å². The molecule has 2 heterocycles. The van der Waals surface area contributed by atoms with E-state index in [1.165, 1.54) is 30.2 Å². The summed E-state index contributed by atoms with van der Waals surface area (Å²) >= 11 is 1.36. The number of rotatable bonds is 5. The molecule has 2 amide bonds. The van der Waals surface area contributed by atoms with Crippen LogP contribution in [0.5, 0.6) is 0 Å². The maximum Gasteiger partial charge on any atom is 0.364 e. The molecular formula is C18H12N4O4S. The van der Waals surface area contributed by atoms with Crippen molar-refractivity contribution in [2.75, 3.05) is 0 Å². The highest BCUT2D eigenvalue weighted by atomic mass is 32.2. The molecule has 0 atom stereocenters. The molecule has 0 saturated heterocycles. The highest BCUT2D eigenvalue weighted by Crippen LogP contribution is 2.25. The molecule has 0 fully saturated rings. The van der Waals surface area contributed by atoms with Crippen LogP contribution in [0.3, 0.4) is 0 Å². The number of carbonyl (C=O) groups is 3. The second-order valence-electron chi connectivity index (χ2n) is 5.57. The van der Waals surface area contributed by atoms with Crippen molar-refractivity contribution in [2.45, 2.75) is 10.9 Å². The van der Waals surface area contributed by atoms with E-state index in [1.807, 2.05) is 0 Å². The van der Waals surface area contributed by atoms with Crippen LogP contribution in [0.4, 0.5) is 0 Å². The molecule has 0 unspecified atom stereocenters. The fourth-order valence-electron chi connectivity index (χ4n) is 2.64. The molecule has 0 aliphatic carbocycles. The molecule has 4 rings (SSSR count). The van der Waals surface area contributed by atoms with Gasteiger partial charge in [0, 0.05) is 5.75 Å². The Bertz CT molecular complexity index is 1000. The first-order valence-corrected chi connectivity index (χ1v) is 8.90. The van der Waals surface area contributed by atoms with Gasteiger partial charge >= 0.3 is 5.97 Å². The van der Waals surface area contributed by atoms with Crippen LogP contribution in [0, 0.1) is 0 Å². The first-order chi connectivity index (χ1) is 13.1. The van der Waals surface area contributed by atoms with Crippen LogP contribution in [0.15, 0.2) is 60.0 Å². The number of nitrogens with one attached hydrogen (secondary N) is 1. The molecule has 27 heavy (non-hydrogen) atoms. The fraction of sp³-hybridized carbons (Fsp3) is 0.0556. The monoisotopic (exact) mass is 380 g/mol. The Labute approximate surface area is 157 Å². The molecule has 9 heteroatoms. The van der Waals surface area contributed by atoms with E-state index in [9.17, 15) is 14.4 Å². The van der Waals surface area contributed by atoms with Crippen LogP contribution in [0.1, 0.15) is 36.6 Å². The van der Waals surface area contributed by atoms with E-state index in [2.05, 4.69) is 15.2 Å². The zero-order chi connectivity index (χ0) is 18.8. The van der Waals surface area contributed by atoms with Crippen molar-refractivity contribution in [1.82, 2.24) is 20.2 Å². The standard InChI is InChI=1S/C18H12N4O4S/c23-15-13-7-3-4-8-14(13)16(24)22(15)26-17(25)12-6-2-1-5-11(12)9-27-18-19-10-20-21-18/h1-8,10H,9H2,(H,19,20,21). The van der Waals surface area contributed by atoms with Crippen molar-refractivity contribution in [2.24, 2.45) is 0 Å². The third kappa shape index (κ3) is 3.20. The number of hydroxylamine groups is 2. The van der Waals surface area contributed by atoms with E-state index in [4.69, 9.17) is 4.84 Å². The fourth-order valence-corrected chi connectivity index (χ4v) is 3.42. The molecule has 8 nitrogen and oxygen atoms in total. The molecule has 1 aliphatic heterocycles. The van der Waals surface area contributed by atoms with Crippen molar-refractivity contribution in [3.63, 3.8) is 0 Å². The summed E-state index contributed by atoms with van der Waals surface area (Å²) in [6.45, 7) is 0. The van der Waals surface area contributed by atoms with Crippen LogP contribution in [-0.4, -0.2) is 38.0 Å². The van der Waals surface area contributed by atoms with E-state index in [1.54, 1.807) is 36.4 Å². The maximum atomic E-state index is 12.6. The highest BCUT2D eigenvalue weighted by molar-refractivity contribution is 7.98. The Morgan fingerprint density at radius 2 is 1.70 bits per heavy atom. The molecule has 2 aromatic carbocycles. The van der Waals surface area contributed by atoms with Gasteiger partial charge < -0.3 is 4.84 Å². The third-order valence-electron chi connectivity index (χ3n) is 3.93. The van der Waals surface area contributed by atoms with E-state index < -0.39 is 17.8 Å². The minimum Gasteiger partial charge on any atom is -0.324 e. The van der Waals surface area contributed by atoms with E-state index >= 15 is 0 Å². The Balaban J connectivity index is 1.52. The number of imide groups is 1. The van der Waals surface area contributed by atoms with Crippen LogP contribution >= 0.6 is 11.8 Å². The lowest BCUT2D eigenvalue weighted by atomic mass is 10.1.